The molecule has 0 saturated heterocycles. The van der Waals surface area contributed by atoms with Crippen LogP contribution in [0.5, 0.6) is 5.75 Å². The summed E-state index contributed by atoms with van der Waals surface area (Å²) < 4.78 is 56.1. The lowest BCUT2D eigenvalue weighted by molar-refractivity contribution is 0.413. The van der Waals surface area contributed by atoms with Crippen molar-refractivity contribution < 1.29 is 22.1 Å². The van der Waals surface area contributed by atoms with E-state index in [1.807, 2.05) is 31.2 Å². The number of hydrogen-bond donors (Lipinski definition) is 1. The normalized spacial score (nSPS) is 11.8. The molecule has 5 nitrogen and oxygen atoms in total. The summed E-state index contributed by atoms with van der Waals surface area (Å²) in [6.45, 7) is 2.13. The summed E-state index contributed by atoms with van der Waals surface area (Å²) in [5.41, 5.74) is 1.25. The summed E-state index contributed by atoms with van der Waals surface area (Å²) in [5.74, 6) is 5.21. The van der Waals surface area contributed by atoms with Gasteiger partial charge in [0.05, 0.1) is 19.3 Å². The molecular formula is C21H20FNO4S2. The molecule has 3 rings (SSSR count). The van der Waals surface area contributed by atoms with Crippen molar-refractivity contribution in [2.45, 2.75) is 18.2 Å². The van der Waals surface area contributed by atoms with Gasteiger partial charge in [-0.25, -0.2) is 12.8 Å². The zero-order valence-corrected chi connectivity index (χ0v) is 17.8. The molecule has 0 bridgehead atoms. The Morgan fingerprint density at radius 3 is 2.66 bits per heavy atom. The topological polar surface area (TPSA) is 78.5 Å². The molecule has 0 aliphatic carbocycles. The zero-order chi connectivity index (χ0) is 21.2. The van der Waals surface area contributed by atoms with E-state index in [1.165, 1.54) is 7.11 Å². The minimum absolute atomic E-state index is 0.141. The molecule has 0 amide bonds. The van der Waals surface area contributed by atoms with Crippen LogP contribution in [0, 0.1) is 17.7 Å². The third kappa shape index (κ3) is 4.22. The maximum absolute atomic E-state index is 14.2. The molecule has 0 aliphatic rings. The van der Waals surface area contributed by atoms with Crippen LogP contribution in [-0.4, -0.2) is 32.9 Å². The minimum atomic E-state index is -3.71. The van der Waals surface area contributed by atoms with Crippen molar-refractivity contribution in [1.29, 1.82) is 0 Å². The number of aryl methyl sites for hydroxylation is 1. The molecule has 1 aromatic heterocycles. The van der Waals surface area contributed by atoms with Crippen LogP contribution in [0.15, 0.2) is 41.3 Å². The molecule has 0 radical (unpaired) electrons. The average Bonchev–Trinajstić information content (AvgIpc) is 2.96. The van der Waals surface area contributed by atoms with Gasteiger partial charge in [-0.2, -0.15) is 0 Å². The second-order valence-corrected chi connectivity index (χ2v) is 9.71. The molecule has 0 aliphatic heterocycles. The number of nitrogens with one attached hydrogen (secondary N) is 1. The molecule has 152 valence electrons. The minimum Gasteiger partial charge on any atom is -0.589 e. The standard InChI is InChI=1S/C21H20FNO4S2/c1-4-14-15-8-5-6-9-20(15)28(24)19(14)10-7-11-23-17-12-16(22)21(29(3,25)26)13-18(17)27-2/h5-6,8-9,12-13,23H,4,11H2,1-3H3. The van der Waals surface area contributed by atoms with E-state index in [-0.39, 0.29) is 18.0 Å². The van der Waals surface area contributed by atoms with Crippen molar-refractivity contribution in [1.82, 2.24) is 0 Å². The number of fused-ring (bicyclic) bond motifs is 1. The monoisotopic (exact) mass is 433 g/mol. The van der Waals surface area contributed by atoms with Gasteiger partial charge in [0.2, 0.25) is 4.88 Å². The molecule has 0 saturated carbocycles. The number of anilines is 1. The highest BCUT2D eigenvalue weighted by Crippen LogP contribution is 2.37. The summed E-state index contributed by atoms with van der Waals surface area (Å²) in [5, 5.41) is 3.89. The van der Waals surface area contributed by atoms with E-state index in [0.29, 0.717) is 11.3 Å². The Kier molecular flexibility index (Phi) is 6.13. The van der Waals surface area contributed by atoms with Gasteiger partial charge in [-0.15, -0.1) is 0 Å². The van der Waals surface area contributed by atoms with E-state index in [0.717, 1.165) is 34.0 Å². The van der Waals surface area contributed by atoms with Crippen molar-refractivity contribution in [3.63, 3.8) is 0 Å². The van der Waals surface area contributed by atoms with E-state index >= 15 is 0 Å². The van der Waals surface area contributed by atoms with Crippen LogP contribution in [0.25, 0.3) is 10.1 Å². The predicted octanol–water partition coefficient (Wildman–Crippen LogP) is 4.14. The fourth-order valence-corrected chi connectivity index (χ4v) is 5.27. The lowest BCUT2D eigenvalue weighted by Crippen LogP contribution is -2.06. The van der Waals surface area contributed by atoms with Crippen molar-refractivity contribution in [3.8, 4) is 17.6 Å². The molecule has 3 aromatic rings. The summed E-state index contributed by atoms with van der Waals surface area (Å²) in [6, 6.07) is 9.74. The molecule has 0 fully saturated rings. The number of rotatable bonds is 5. The van der Waals surface area contributed by atoms with Gasteiger partial charge in [0.1, 0.15) is 16.5 Å². The van der Waals surface area contributed by atoms with Crippen LogP contribution in [0.1, 0.15) is 17.4 Å². The Hall–Kier alpha value is -2.60. The Labute approximate surface area is 172 Å². The summed E-state index contributed by atoms with van der Waals surface area (Å²) in [6.07, 6.45) is 1.65. The summed E-state index contributed by atoms with van der Waals surface area (Å²) in [4.78, 5) is 0.156. The highest BCUT2D eigenvalue weighted by atomic mass is 32.2. The highest BCUT2D eigenvalue weighted by Gasteiger charge is 2.20. The summed E-state index contributed by atoms with van der Waals surface area (Å²) in [7, 11) is -3.65. The SMILES string of the molecule is CCc1c(C#CCNc2cc(F)c(S(C)(=O)=O)cc2OC)[s+]([O-])c2ccccc12. The molecule has 1 N–H and O–H groups in total. The average molecular weight is 434 g/mol. The van der Waals surface area contributed by atoms with Crippen LogP contribution >= 0.6 is 10.8 Å². The summed E-state index contributed by atoms with van der Waals surface area (Å²) >= 11 is 0. The molecule has 1 atom stereocenters. The third-order valence-electron chi connectivity index (χ3n) is 4.45. The maximum Gasteiger partial charge on any atom is 0.227 e. The Balaban J connectivity index is 1.87. The largest absolute Gasteiger partial charge is 0.589 e. The Morgan fingerprint density at radius 1 is 1.28 bits per heavy atom. The molecule has 8 heteroatoms. The molecule has 0 spiro atoms. The van der Waals surface area contributed by atoms with Crippen LogP contribution < -0.4 is 10.1 Å². The van der Waals surface area contributed by atoms with Gasteiger partial charge in [0.15, 0.2) is 14.5 Å². The quantitative estimate of drug-likeness (QED) is 0.483. The lowest BCUT2D eigenvalue weighted by atomic mass is 10.1. The highest BCUT2D eigenvalue weighted by molar-refractivity contribution is 7.90. The first-order chi connectivity index (χ1) is 13.8. The third-order valence-corrected chi connectivity index (χ3v) is 7.03. The van der Waals surface area contributed by atoms with E-state index < -0.39 is 31.3 Å². The van der Waals surface area contributed by atoms with Crippen LogP contribution in [-0.2, 0) is 16.3 Å². The second kappa shape index (κ2) is 8.41. The van der Waals surface area contributed by atoms with Gasteiger partial charge in [0.25, 0.3) is 0 Å². The fraction of sp³-hybridized carbons (Fsp3) is 0.238. The molecule has 1 unspecified atom stereocenters. The van der Waals surface area contributed by atoms with Crippen molar-refractivity contribution in [3.05, 3.63) is 52.7 Å². The van der Waals surface area contributed by atoms with Gasteiger partial charge < -0.3 is 14.6 Å². The molecule has 2 aromatic carbocycles. The number of halogens is 1. The number of benzene rings is 2. The molecule has 29 heavy (non-hydrogen) atoms. The fourth-order valence-electron chi connectivity index (χ4n) is 3.08. The number of hydrogen-bond acceptors (Lipinski definition) is 5. The number of methoxy groups -OCH3 is 1. The van der Waals surface area contributed by atoms with Gasteiger partial charge in [-0.05, 0) is 35.2 Å². The van der Waals surface area contributed by atoms with Crippen molar-refractivity contribution in [2.24, 2.45) is 0 Å². The van der Waals surface area contributed by atoms with E-state index in [4.69, 9.17) is 4.74 Å². The van der Waals surface area contributed by atoms with Gasteiger partial charge in [0, 0.05) is 29.3 Å². The number of sulfone groups is 1. The van der Waals surface area contributed by atoms with E-state index in [9.17, 15) is 17.4 Å². The van der Waals surface area contributed by atoms with Crippen LogP contribution in [0.4, 0.5) is 10.1 Å². The van der Waals surface area contributed by atoms with Crippen LogP contribution in [0.3, 0.4) is 0 Å². The van der Waals surface area contributed by atoms with E-state index in [2.05, 4.69) is 17.2 Å². The Bertz CT molecular complexity index is 1240. The van der Waals surface area contributed by atoms with Gasteiger partial charge >= 0.3 is 0 Å². The van der Waals surface area contributed by atoms with Gasteiger partial charge in [-0.1, -0.05) is 25.0 Å². The maximum atomic E-state index is 14.2. The van der Waals surface area contributed by atoms with Crippen molar-refractivity contribution in [2.75, 3.05) is 25.2 Å². The van der Waals surface area contributed by atoms with Gasteiger partial charge in [-0.3, -0.25) is 0 Å². The van der Waals surface area contributed by atoms with E-state index in [1.54, 1.807) is 0 Å². The number of thiophene rings is 1. The number of ether oxygens (including phenoxy) is 1. The molecule has 1 heterocycles. The smallest absolute Gasteiger partial charge is 0.227 e. The zero-order valence-electron chi connectivity index (χ0n) is 16.2. The first kappa shape index (κ1) is 21.1. The van der Waals surface area contributed by atoms with Crippen LogP contribution in [0.2, 0.25) is 0 Å². The predicted molar refractivity (Wildman–Crippen MR) is 113 cm³/mol. The van der Waals surface area contributed by atoms with Crippen molar-refractivity contribution >= 4 is 36.4 Å². The lowest BCUT2D eigenvalue weighted by Gasteiger charge is -2.11. The molecular weight excluding hydrogens is 413 g/mol. The second-order valence-electron chi connectivity index (χ2n) is 6.34. The Morgan fingerprint density at radius 2 is 2.00 bits per heavy atom. The first-order valence-electron chi connectivity index (χ1n) is 8.82. The first-order valence-corrected chi connectivity index (χ1v) is 11.9.